The molecule has 1 aromatic rings. The maximum Gasteiger partial charge on any atom is 0.248 e. The van der Waals surface area contributed by atoms with Gasteiger partial charge in [-0.25, -0.2) is 12.8 Å². The van der Waals surface area contributed by atoms with Crippen LogP contribution in [0.2, 0.25) is 0 Å². The van der Waals surface area contributed by atoms with Crippen LogP contribution < -0.4 is 5.73 Å². The van der Waals surface area contributed by atoms with Crippen LogP contribution in [0.5, 0.6) is 0 Å². The molecule has 1 rings (SSSR count). The first-order valence-electron chi connectivity index (χ1n) is 5.36. The minimum absolute atomic E-state index is 0.0170. The van der Waals surface area contributed by atoms with Crippen LogP contribution in [0.1, 0.15) is 13.3 Å². The number of hydrogen-bond donors (Lipinski definition) is 1. The third-order valence-corrected chi connectivity index (χ3v) is 4.49. The Morgan fingerprint density at radius 1 is 1.50 bits per heavy atom. The van der Waals surface area contributed by atoms with Gasteiger partial charge in [-0.2, -0.15) is 9.57 Å². The van der Waals surface area contributed by atoms with Crippen LogP contribution in [-0.4, -0.2) is 25.8 Å². The van der Waals surface area contributed by atoms with Gasteiger partial charge >= 0.3 is 0 Å². The fraction of sp³-hybridized carbons (Fsp3) is 0.364. The van der Waals surface area contributed by atoms with E-state index in [-0.39, 0.29) is 25.2 Å². The summed E-state index contributed by atoms with van der Waals surface area (Å²) in [5, 5.41) is 8.49. The summed E-state index contributed by atoms with van der Waals surface area (Å²) in [5.41, 5.74) is 5.38. The van der Waals surface area contributed by atoms with Crippen molar-refractivity contribution >= 4 is 15.7 Å². The minimum Gasteiger partial charge on any atom is -0.398 e. The average molecular weight is 271 g/mol. The SMILES string of the molecule is CCN(CCC#N)S(=O)(=O)c1c(N)cccc1F. The lowest BCUT2D eigenvalue weighted by Crippen LogP contribution is -2.32. The normalized spacial score (nSPS) is 11.4. The summed E-state index contributed by atoms with van der Waals surface area (Å²) in [6.07, 6.45) is 0.0431. The number of halogens is 1. The standard InChI is InChI=1S/C11H14FN3O2S/c1-2-15(8-4-7-13)18(16,17)11-9(12)5-3-6-10(11)14/h3,5-6H,2,4,8,14H2,1H3. The highest BCUT2D eigenvalue weighted by atomic mass is 32.2. The number of nitrogen functional groups attached to an aromatic ring is 1. The smallest absolute Gasteiger partial charge is 0.248 e. The van der Waals surface area contributed by atoms with Crippen LogP contribution in [0.25, 0.3) is 0 Å². The number of anilines is 1. The molecule has 0 amide bonds. The summed E-state index contributed by atoms with van der Waals surface area (Å²) < 4.78 is 39.1. The van der Waals surface area contributed by atoms with Gasteiger partial charge in [-0.3, -0.25) is 0 Å². The molecular formula is C11H14FN3O2S. The first-order valence-corrected chi connectivity index (χ1v) is 6.80. The van der Waals surface area contributed by atoms with E-state index in [9.17, 15) is 12.8 Å². The van der Waals surface area contributed by atoms with Gasteiger partial charge in [-0.15, -0.1) is 0 Å². The van der Waals surface area contributed by atoms with E-state index in [4.69, 9.17) is 11.0 Å². The number of nitriles is 1. The van der Waals surface area contributed by atoms with Gasteiger partial charge in [0.05, 0.1) is 11.8 Å². The number of nitrogens with two attached hydrogens (primary N) is 1. The molecule has 7 heteroatoms. The van der Waals surface area contributed by atoms with E-state index in [2.05, 4.69) is 0 Å². The Morgan fingerprint density at radius 3 is 2.67 bits per heavy atom. The zero-order valence-corrected chi connectivity index (χ0v) is 10.7. The van der Waals surface area contributed by atoms with Gasteiger partial charge < -0.3 is 5.73 Å². The fourth-order valence-corrected chi connectivity index (χ4v) is 3.16. The van der Waals surface area contributed by atoms with Crippen molar-refractivity contribution in [2.75, 3.05) is 18.8 Å². The van der Waals surface area contributed by atoms with Gasteiger partial charge in [0.1, 0.15) is 10.7 Å². The fourth-order valence-electron chi connectivity index (χ4n) is 1.55. The van der Waals surface area contributed by atoms with E-state index < -0.39 is 20.7 Å². The predicted octanol–water partition coefficient (Wildman–Crippen LogP) is 1.33. The van der Waals surface area contributed by atoms with E-state index in [1.807, 2.05) is 6.07 Å². The van der Waals surface area contributed by atoms with Crippen molar-refractivity contribution in [3.63, 3.8) is 0 Å². The molecule has 5 nitrogen and oxygen atoms in total. The molecule has 2 N–H and O–H groups in total. The molecule has 98 valence electrons. The van der Waals surface area contributed by atoms with Crippen LogP contribution in [0.4, 0.5) is 10.1 Å². The Labute approximate surface area is 106 Å². The van der Waals surface area contributed by atoms with E-state index in [0.717, 1.165) is 10.4 Å². The Bertz CT molecular complexity index is 546. The van der Waals surface area contributed by atoms with Crippen molar-refractivity contribution in [3.05, 3.63) is 24.0 Å². The molecule has 0 spiro atoms. The second kappa shape index (κ2) is 5.80. The summed E-state index contributed by atoms with van der Waals surface area (Å²) >= 11 is 0. The molecule has 1 aromatic carbocycles. The summed E-state index contributed by atoms with van der Waals surface area (Å²) in [4.78, 5) is -0.523. The van der Waals surface area contributed by atoms with Crippen LogP contribution in [0.15, 0.2) is 23.1 Å². The van der Waals surface area contributed by atoms with E-state index in [1.165, 1.54) is 12.1 Å². The number of benzene rings is 1. The third-order valence-electron chi connectivity index (χ3n) is 2.42. The van der Waals surface area contributed by atoms with Crippen molar-refractivity contribution in [3.8, 4) is 6.07 Å². The first kappa shape index (κ1) is 14.4. The van der Waals surface area contributed by atoms with Crippen LogP contribution in [-0.2, 0) is 10.0 Å². The first-order chi connectivity index (χ1) is 8.45. The van der Waals surface area contributed by atoms with Gasteiger partial charge in [0.2, 0.25) is 10.0 Å². The molecule has 0 fully saturated rings. The molecule has 0 unspecified atom stereocenters. The van der Waals surface area contributed by atoms with E-state index in [1.54, 1.807) is 6.92 Å². The molecular weight excluding hydrogens is 257 g/mol. The highest BCUT2D eigenvalue weighted by Crippen LogP contribution is 2.25. The average Bonchev–Trinajstić information content (AvgIpc) is 2.29. The van der Waals surface area contributed by atoms with Crippen molar-refractivity contribution in [2.45, 2.75) is 18.2 Å². The van der Waals surface area contributed by atoms with Gasteiger partial charge in [-0.1, -0.05) is 13.0 Å². The molecule has 0 aliphatic carbocycles. The largest absolute Gasteiger partial charge is 0.398 e. The molecule has 0 aliphatic rings. The zero-order valence-electron chi connectivity index (χ0n) is 9.93. The van der Waals surface area contributed by atoms with Gasteiger partial charge in [-0.05, 0) is 12.1 Å². The van der Waals surface area contributed by atoms with Crippen LogP contribution >= 0.6 is 0 Å². The molecule has 0 atom stereocenters. The predicted molar refractivity (Wildman–Crippen MR) is 65.5 cm³/mol. The van der Waals surface area contributed by atoms with Crippen molar-refractivity contribution in [1.82, 2.24) is 4.31 Å². The van der Waals surface area contributed by atoms with E-state index >= 15 is 0 Å². The van der Waals surface area contributed by atoms with E-state index in [0.29, 0.717) is 0 Å². The number of nitrogens with zero attached hydrogens (tertiary/aromatic N) is 2. The van der Waals surface area contributed by atoms with Gasteiger partial charge in [0, 0.05) is 19.5 Å². The second-order valence-corrected chi connectivity index (χ2v) is 5.44. The Hall–Kier alpha value is -1.65. The lowest BCUT2D eigenvalue weighted by atomic mass is 10.3. The highest BCUT2D eigenvalue weighted by molar-refractivity contribution is 7.89. The Kier molecular flexibility index (Phi) is 4.64. The number of sulfonamides is 1. The molecule has 0 heterocycles. The maximum absolute atomic E-state index is 13.6. The Balaban J connectivity index is 3.24. The summed E-state index contributed by atoms with van der Waals surface area (Å²) in [6, 6.07) is 5.57. The monoisotopic (exact) mass is 271 g/mol. The number of hydrogen-bond acceptors (Lipinski definition) is 4. The summed E-state index contributed by atoms with van der Waals surface area (Å²) in [7, 11) is -4.00. The second-order valence-electron chi connectivity index (χ2n) is 3.56. The topological polar surface area (TPSA) is 87.2 Å². The van der Waals surface area contributed by atoms with Gasteiger partial charge in [0.25, 0.3) is 0 Å². The molecule has 0 saturated carbocycles. The summed E-state index contributed by atoms with van der Waals surface area (Å²) in [5.74, 6) is -0.884. The quantitative estimate of drug-likeness (QED) is 0.818. The number of rotatable bonds is 5. The molecule has 0 bridgehead atoms. The molecule has 18 heavy (non-hydrogen) atoms. The Morgan fingerprint density at radius 2 is 2.17 bits per heavy atom. The highest BCUT2D eigenvalue weighted by Gasteiger charge is 2.28. The molecule has 0 radical (unpaired) electrons. The van der Waals surface area contributed by atoms with Crippen molar-refractivity contribution < 1.29 is 12.8 Å². The van der Waals surface area contributed by atoms with Crippen molar-refractivity contribution in [2.24, 2.45) is 0 Å². The summed E-state index contributed by atoms with van der Waals surface area (Å²) in [6.45, 7) is 1.78. The minimum atomic E-state index is -4.00. The third kappa shape index (κ3) is 2.78. The molecule has 0 aliphatic heterocycles. The maximum atomic E-state index is 13.6. The van der Waals surface area contributed by atoms with Gasteiger partial charge in [0.15, 0.2) is 0 Å². The lowest BCUT2D eigenvalue weighted by Gasteiger charge is -2.20. The van der Waals surface area contributed by atoms with Crippen LogP contribution in [0.3, 0.4) is 0 Å². The lowest BCUT2D eigenvalue weighted by molar-refractivity contribution is 0.431. The zero-order chi connectivity index (χ0) is 13.8. The van der Waals surface area contributed by atoms with Crippen molar-refractivity contribution in [1.29, 1.82) is 5.26 Å². The molecule has 0 saturated heterocycles. The molecule has 0 aromatic heterocycles. The van der Waals surface area contributed by atoms with Crippen LogP contribution in [0, 0.1) is 17.1 Å².